The zero-order chi connectivity index (χ0) is 13.9. The Morgan fingerprint density at radius 3 is 2.63 bits per heavy atom. The molecule has 1 heterocycles. The van der Waals surface area contributed by atoms with E-state index in [-0.39, 0.29) is 11.7 Å². The van der Waals surface area contributed by atoms with Crippen molar-refractivity contribution in [2.24, 2.45) is 11.8 Å². The Balaban J connectivity index is 2.25. The molecule has 3 atom stereocenters. The molecule has 1 aliphatic heterocycles. The molecule has 0 aromatic heterocycles. The van der Waals surface area contributed by atoms with E-state index in [2.05, 4.69) is 6.92 Å². The van der Waals surface area contributed by atoms with E-state index in [9.17, 15) is 14.7 Å². The molecule has 4 heteroatoms. The van der Waals surface area contributed by atoms with Crippen molar-refractivity contribution < 1.29 is 19.4 Å². The van der Waals surface area contributed by atoms with Gasteiger partial charge in [0.1, 0.15) is 0 Å². The molecule has 0 aromatic carbocycles. The number of carbonyl (C=O) groups is 2. The SMILES string of the molecule is CC1=C2C3=C(C)C(=O)OC3(O)CC[C@H](C)[C@H]2CC1=O. The number of rotatable bonds is 0. The molecule has 1 unspecified atom stereocenters. The summed E-state index contributed by atoms with van der Waals surface area (Å²) in [7, 11) is 0. The average molecular weight is 262 g/mol. The van der Waals surface area contributed by atoms with Crippen LogP contribution in [0.3, 0.4) is 0 Å². The van der Waals surface area contributed by atoms with Gasteiger partial charge in [-0.05, 0) is 43.3 Å². The van der Waals surface area contributed by atoms with E-state index in [0.29, 0.717) is 35.5 Å². The quantitative estimate of drug-likeness (QED) is 0.677. The molecule has 3 aliphatic rings. The number of allylic oxidation sites excluding steroid dienone is 1. The van der Waals surface area contributed by atoms with Gasteiger partial charge >= 0.3 is 5.97 Å². The Morgan fingerprint density at radius 2 is 1.95 bits per heavy atom. The summed E-state index contributed by atoms with van der Waals surface area (Å²) in [4.78, 5) is 23.8. The van der Waals surface area contributed by atoms with E-state index in [4.69, 9.17) is 4.74 Å². The van der Waals surface area contributed by atoms with E-state index in [1.54, 1.807) is 13.8 Å². The third kappa shape index (κ3) is 1.56. The number of hydrogen-bond donors (Lipinski definition) is 1. The minimum absolute atomic E-state index is 0.112. The van der Waals surface area contributed by atoms with Gasteiger partial charge in [-0.15, -0.1) is 0 Å². The summed E-state index contributed by atoms with van der Waals surface area (Å²) in [6.07, 6.45) is 1.65. The van der Waals surface area contributed by atoms with E-state index >= 15 is 0 Å². The van der Waals surface area contributed by atoms with Gasteiger partial charge in [-0.2, -0.15) is 0 Å². The Bertz CT molecular complexity index is 554. The van der Waals surface area contributed by atoms with Crippen LogP contribution in [-0.4, -0.2) is 22.6 Å². The molecule has 4 nitrogen and oxygen atoms in total. The Morgan fingerprint density at radius 1 is 1.26 bits per heavy atom. The van der Waals surface area contributed by atoms with Crippen molar-refractivity contribution in [1.29, 1.82) is 0 Å². The van der Waals surface area contributed by atoms with E-state index < -0.39 is 11.8 Å². The first-order valence-corrected chi connectivity index (χ1v) is 6.76. The monoisotopic (exact) mass is 262 g/mol. The molecule has 0 radical (unpaired) electrons. The highest BCUT2D eigenvalue weighted by Gasteiger charge is 2.52. The summed E-state index contributed by atoms with van der Waals surface area (Å²) in [5.74, 6) is -1.45. The summed E-state index contributed by atoms with van der Waals surface area (Å²) < 4.78 is 5.18. The molecule has 0 amide bonds. The van der Waals surface area contributed by atoms with Crippen LogP contribution in [0.4, 0.5) is 0 Å². The van der Waals surface area contributed by atoms with Crippen molar-refractivity contribution in [1.82, 2.24) is 0 Å². The maximum atomic E-state index is 12.0. The fourth-order valence-electron chi connectivity index (χ4n) is 3.63. The molecule has 1 saturated carbocycles. The largest absolute Gasteiger partial charge is 0.425 e. The van der Waals surface area contributed by atoms with Crippen molar-refractivity contribution in [3.63, 3.8) is 0 Å². The standard InChI is InChI=1S/C15H18O4/c1-7-4-5-15(18)13(9(3)14(17)19-15)12-8(2)11(16)6-10(7)12/h7,10,18H,4-6H2,1-3H3/t7-,10+,15?/m0/s1. The number of ether oxygens (including phenoxy) is 1. The summed E-state index contributed by atoms with van der Waals surface area (Å²) in [6.45, 7) is 5.56. The van der Waals surface area contributed by atoms with Gasteiger partial charge in [0, 0.05) is 24.0 Å². The highest BCUT2D eigenvalue weighted by molar-refractivity contribution is 6.02. The molecule has 2 aliphatic carbocycles. The van der Waals surface area contributed by atoms with Gasteiger partial charge in [0.25, 0.3) is 0 Å². The lowest BCUT2D eigenvalue weighted by atomic mass is 9.84. The summed E-state index contributed by atoms with van der Waals surface area (Å²) in [5, 5.41) is 10.7. The predicted octanol–water partition coefficient (Wildman–Crippen LogP) is 1.88. The van der Waals surface area contributed by atoms with Gasteiger partial charge in [0.05, 0.1) is 0 Å². The number of aliphatic hydroxyl groups is 1. The molecule has 102 valence electrons. The molecular weight excluding hydrogens is 244 g/mol. The van der Waals surface area contributed by atoms with Crippen LogP contribution in [0.2, 0.25) is 0 Å². The highest BCUT2D eigenvalue weighted by Crippen LogP contribution is 2.51. The zero-order valence-electron chi connectivity index (χ0n) is 11.4. The van der Waals surface area contributed by atoms with Crippen molar-refractivity contribution in [3.8, 4) is 0 Å². The molecule has 1 fully saturated rings. The fourth-order valence-corrected chi connectivity index (χ4v) is 3.63. The van der Waals surface area contributed by atoms with Gasteiger partial charge in [-0.1, -0.05) is 6.92 Å². The first-order chi connectivity index (χ1) is 8.85. The van der Waals surface area contributed by atoms with Crippen molar-refractivity contribution in [3.05, 3.63) is 22.3 Å². The Hall–Kier alpha value is -1.42. The van der Waals surface area contributed by atoms with Crippen molar-refractivity contribution in [2.75, 3.05) is 0 Å². The van der Waals surface area contributed by atoms with Crippen molar-refractivity contribution >= 4 is 11.8 Å². The normalized spacial score (nSPS) is 38.3. The van der Waals surface area contributed by atoms with E-state index in [1.165, 1.54) is 0 Å². The second kappa shape index (κ2) is 3.79. The number of Topliss-reactive ketones (excluding diaryl/α,β-unsaturated/α-hetero) is 1. The number of esters is 1. The molecular formula is C15H18O4. The molecule has 1 N–H and O–H groups in total. The summed E-state index contributed by atoms with van der Waals surface area (Å²) >= 11 is 0. The number of hydrogen-bond acceptors (Lipinski definition) is 4. The lowest BCUT2D eigenvalue weighted by molar-refractivity contribution is -0.182. The fraction of sp³-hybridized carbons (Fsp3) is 0.600. The number of carbonyl (C=O) groups excluding carboxylic acids is 2. The average Bonchev–Trinajstić information content (AvgIpc) is 2.70. The van der Waals surface area contributed by atoms with Crippen LogP contribution in [0.25, 0.3) is 0 Å². The molecule has 0 bridgehead atoms. The summed E-state index contributed by atoms with van der Waals surface area (Å²) in [5.41, 5.74) is 2.56. The van der Waals surface area contributed by atoms with Gasteiger partial charge in [-0.25, -0.2) is 4.79 Å². The van der Waals surface area contributed by atoms with Gasteiger partial charge < -0.3 is 9.84 Å². The second-order valence-corrected chi connectivity index (χ2v) is 5.96. The van der Waals surface area contributed by atoms with Crippen LogP contribution in [0.5, 0.6) is 0 Å². The first kappa shape index (κ1) is 12.6. The molecule has 3 rings (SSSR count). The van der Waals surface area contributed by atoms with E-state index in [1.807, 2.05) is 0 Å². The zero-order valence-corrected chi connectivity index (χ0v) is 11.4. The van der Waals surface area contributed by atoms with Crippen LogP contribution in [0, 0.1) is 11.8 Å². The molecule has 19 heavy (non-hydrogen) atoms. The third-order valence-electron chi connectivity index (χ3n) is 4.83. The lowest BCUT2D eigenvalue weighted by Gasteiger charge is -2.24. The second-order valence-electron chi connectivity index (χ2n) is 5.96. The molecule has 0 aromatic rings. The minimum Gasteiger partial charge on any atom is -0.425 e. The van der Waals surface area contributed by atoms with Crippen LogP contribution in [0.1, 0.15) is 40.0 Å². The first-order valence-electron chi connectivity index (χ1n) is 6.76. The van der Waals surface area contributed by atoms with Gasteiger partial charge in [0.15, 0.2) is 5.78 Å². The topological polar surface area (TPSA) is 63.6 Å². The lowest BCUT2D eigenvalue weighted by Crippen LogP contribution is -2.31. The maximum Gasteiger partial charge on any atom is 0.337 e. The predicted molar refractivity (Wildman–Crippen MR) is 68.0 cm³/mol. The Labute approximate surface area is 112 Å². The minimum atomic E-state index is -1.52. The van der Waals surface area contributed by atoms with Crippen molar-refractivity contribution in [2.45, 2.75) is 45.8 Å². The van der Waals surface area contributed by atoms with Gasteiger partial charge in [0.2, 0.25) is 5.79 Å². The Kier molecular flexibility index (Phi) is 2.52. The maximum absolute atomic E-state index is 12.0. The van der Waals surface area contributed by atoms with Crippen LogP contribution in [-0.2, 0) is 14.3 Å². The van der Waals surface area contributed by atoms with Crippen LogP contribution < -0.4 is 0 Å². The smallest absolute Gasteiger partial charge is 0.337 e. The number of ketones is 1. The van der Waals surface area contributed by atoms with E-state index in [0.717, 1.165) is 12.0 Å². The number of fused-ring (bicyclic) bond motifs is 3. The molecule has 0 saturated heterocycles. The van der Waals surface area contributed by atoms with Crippen LogP contribution in [0.15, 0.2) is 22.3 Å². The van der Waals surface area contributed by atoms with Crippen LogP contribution >= 0.6 is 0 Å². The summed E-state index contributed by atoms with van der Waals surface area (Å²) in [6, 6.07) is 0. The molecule has 0 spiro atoms. The highest BCUT2D eigenvalue weighted by atomic mass is 16.7. The van der Waals surface area contributed by atoms with Gasteiger partial charge in [-0.3, -0.25) is 4.79 Å². The third-order valence-corrected chi connectivity index (χ3v) is 4.83.